The summed E-state index contributed by atoms with van der Waals surface area (Å²) in [6.07, 6.45) is 0.138. The highest BCUT2D eigenvalue weighted by atomic mass is 32.1. The number of ether oxygens (including phenoxy) is 1. The first-order valence-corrected chi connectivity index (χ1v) is 13.3. The molecule has 0 aliphatic rings. The molecular formula is C30H24F3N3O4S. The number of nitrogens with one attached hydrogen (secondary N) is 1. The van der Waals surface area contributed by atoms with Gasteiger partial charge < -0.3 is 15.2 Å². The molecule has 41 heavy (non-hydrogen) atoms. The molecule has 4 rings (SSSR count). The van der Waals surface area contributed by atoms with Crippen molar-refractivity contribution < 1.29 is 32.6 Å². The van der Waals surface area contributed by atoms with E-state index in [-0.39, 0.29) is 52.2 Å². The molecule has 210 valence electrons. The molecular weight excluding hydrogens is 555 g/mol. The third-order valence-corrected chi connectivity index (χ3v) is 7.09. The van der Waals surface area contributed by atoms with Crippen LogP contribution in [0.4, 0.5) is 13.2 Å². The number of carbonyl (C=O) groups excluding carboxylic acids is 1. The van der Waals surface area contributed by atoms with Crippen molar-refractivity contribution in [2.24, 2.45) is 0 Å². The molecule has 0 aliphatic heterocycles. The molecule has 0 radical (unpaired) electrons. The van der Waals surface area contributed by atoms with Gasteiger partial charge in [-0.3, -0.25) is 4.79 Å². The monoisotopic (exact) mass is 579 g/mol. The van der Waals surface area contributed by atoms with E-state index in [1.807, 2.05) is 6.07 Å². The summed E-state index contributed by atoms with van der Waals surface area (Å²) in [5, 5.41) is 22.9. The fourth-order valence-corrected chi connectivity index (χ4v) is 5.09. The van der Waals surface area contributed by atoms with Gasteiger partial charge in [0.2, 0.25) is 5.88 Å². The number of carbonyl (C=O) groups is 2. The van der Waals surface area contributed by atoms with Crippen LogP contribution in [0.1, 0.15) is 56.3 Å². The van der Waals surface area contributed by atoms with E-state index < -0.39 is 29.3 Å². The molecule has 2 heterocycles. The number of nitrogens with zero attached hydrogens (tertiary/aromatic N) is 2. The molecule has 0 atom stereocenters. The number of rotatable bonds is 10. The Bertz CT molecular complexity index is 1650. The molecule has 7 nitrogen and oxygen atoms in total. The van der Waals surface area contributed by atoms with Crippen molar-refractivity contribution in [1.29, 1.82) is 5.26 Å². The molecule has 0 aliphatic carbocycles. The Kier molecular flexibility index (Phi) is 9.04. The number of halogens is 3. The first kappa shape index (κ1) is 29.3. The number of hydrogen-bond donors (Lipinski definition) is 2. The largest absolute Gasteiger partial charge is 0.478 e. The van der Waals surface area contributed by atoms with Crippen LogP contribution in [-0.2, 0) is 19.4 Å². The maximum atomic E-state index is 13.5. The fourth-order valence-electron chi connectivity index (χ4n) is 4.11. The van der Waals surface area contributed by atoms with Crippen LogP contribution in [0.2, 0.25) is 0 Å². The van der Waals surface area contributed by atoms with Crippen LogP contribution >= 0.6 is 11.3 Å². The van der Waals surface area contributed by atoms with Gasteiger partial charge in [0.25, 0.3) is 5.91 Å². The minimum Gasteiger partial charge on any atom is -0.478 e. The number of carboxylic acid groups (broad SMARTS) is 1. The summed E-state index contributed by atoms with van der Waals surface area (Å²) in [6.45, 7) is 3.42. The Morgan fingerprint density at radius 2 is 1.73 bits per heavy atom. The first-order valence-electron chi connectivity index (χ1n) is 12.5. The summed E-state index contributed by atoms with van der Waals surface area (Å²) in [7, 11) is 0. The number of aryl methyl sites for hydroxylation is 2. The van der Waals surface area contributed by atoms with Gasteiger partial charge in [-0.05, 0) is 74.2 Å². The van der Waals surface area contributed by atoms with Crippen LogP contribution in [0.15, 0.2) is 54.6 Å². The van der Waals surface area contributed by atoms with Crippen molar-refractivity contribution in [1.82, 2.24) is 10.3 Å². The molecule has 0 spiro atoms. The van der Waals surface area contributed by atoms with Crippen LogP contribution in [0.3, 0.4) is 0 Å². The zero-order chi connectivity index (χ0) is 29.7. The summed E-state index contributed by atoms with van der Waals surface area (Å²) >= 11 is 0.963. The Morgan fingerprint density at radius 1 is 1.02 bits per heavy atom. The predicted octanol–water partition coefficient (Wildman–Crippen LogP) is 6.30. The summed E-state index contributed by atoms with van der Waals surface area (Å²) in [5.41, 5.74) is 1.07. The van der Waals surface area contributed by atoms with Crippen molar-refractivity contribution >= 4 is 23.2 Å². The standard InChI is InChI=1S/C30H24F3N3O4S/c1-16(2)40-29-20(14-34)26(27(30(38)39)23(36-29)10-6-17-3-7-19(31)8-4-17)24-11-12-25(41-24)28(37)35-15-18-5-9-21(32)22(33)13-18/h3-5,7-9,11-13,16H,6,10,15H2,1-2H3,(H,35,37)(H,38,39). The van der Waals surface area contributed by atoms with E-state index in [9.17, 15) is 33.1 Å². The van der Waals surface area contributed by atoms with Crippen molar-refractivity contribution in [3.05, 3.63) is 105 Å². The molecule has 0 unspecified atom stereocenters. The van der Waals surface area contributed by atoms with Gasteiger partial charge in [0.05, 0.1) is 22.2 Å². The topological polar surface area (TPSA) is 112 Å². The molecule has 4 aromatic rings. The highest BCUT2D eigenvalue weighted by Gasteiger charge is 2.28. The molecule has 2 aromatic heterocycles. The fraction of sp³-hybridized carbons (Fsp3) is 0.200. The van der Waals surface area contributed by atoms with Crippen LogP contribution in [0.25, 0.3) is 10.4 Å². The van der Waals surface area contributed by atoms with Crippen LogP contribution in [-0.4, -0.2) is 28.1 Å². The van der Waals surface area contributed by atoms with E-state index in [1.165, 1.54) is 30.3 Å². The van der Waals surface area contributed by atoms with Gasteiger partial charge in [-0.2, -0.15) is 5.26 Å². The van der Waals surface area contributed by atoms with Gasteiger partial charge in [-0.1, -0.05) is 18.2 Å². The van der Waals surface area contributed by atoms with E-state index in [4.69, 9.17) is 4.74 Å². The molecule has 11 heteroatoms. The number of carboxylic acids is 1. The van der Waals surface area contributed by atoms with E-state index in [2.05, 4.69) is 10.3 Å². The zero-order valence-electron chi connectivity index (χ0n) is 22.0. The van der Waals surface area contributed by atoms with Gasteiger partial charge in [-0.15, -0.1) is 11.3 Å². The smallest absolute Gasteiger partial charge is 0.338 e. The zero-order valence-corrected chi connectivity index (χ0v) is 22.8. The molecule has 0 fully saturated rings. The van der Waals surface area contributed by atoms with Crippen molar-refractivity contribution in [3.8, 4) is 22.4 Å². The van der Waals surface area contributed by atoms with Gasteiger partial charge in [0.15, 0.2) is 11.6 Å². The van der Waals surface area contributed by atoms with E-state index >= 15 is 0 Å². The number of benzene rings is 2. The lowest BCUT2D eigenvalue weighted by Crippen LogP contribution is -2.21. The number of aromatic nitrogens is 1. The Balaban J connectivity index is 1.71. The van der Waals surface area contributed by atoms with Crippen LogP contribution in [0.5, 0.6) is 5.88 Å². The maximum Gasteiger partial charge on any atom is 0.338 e. The third kappa shape index (κ3) is 6.91. The van der Waals surface area contributed by atoms with Gasteiger partial charge in [0.1, 0.15) is 17.4 Å². The Hall–Kier alpha value is -4.69. The average molecular weight is 580 g/mol. The number of nitriles is 1. The summed E-state index contributed by atoms with van der Waals surface area (Å²) in [5.74, 6) is -4.30. The molecule has 2 aromatic carbocycles. The highest BCUT2D eigenvalue weighted by molar-refractivity contribution is 7.17. The number of amides is 1. The van der Waals surface area contributed by atoms with Crippen molar-refractivity contribution in [2.75, 3.05) is 0 Å². The van der Waals surface area contributed by atoms with Crippen LogP contribution < -0.4 is 10.1 Å². The highest BCUT2D eigenvalue weighted by Crippen LogP contribution is 2.39. The van der Waals surface area contributed by atoms with Crippen molar-refractivity contribution in [2.45, 2.75) is 39.3 Å². The van der Waals surface area contributed by atoms with Gasteiger partial charge in [-0.25, -0.2) is 22.9 Å². The van der Waals surface area contributed by atoms with E-state index in [0.717, 1.165) is 29.0 Å². The SMILES string of the molecule is CC(C)Oc1nc(CCc2ccc(F)cc2)c(C(=O)O)c(-c2ccc(C(=O)NCc3ccc(F)c(F)c3)s2)c1C#N. The van der Waals surface area contributed by atoms with Crippen LogP contribution in [0, 0.1) is 28.8 Å². The van der Waals surface area contributed by atoms with Gasteiger partial charge in [0, 0.05) is 17.0 Å². The number of hydrogen-bond acceptors (Lipinski definition) is 6. The normalized spacial score (nSPS) is 10.9. The third-order valence-electron chi connectivity index (χ3n) is 5.99. The number of aromatic carboxylic acids is 1. The maximum absolute atomic E-state index is 13.5. The quantitative estimate of drug-likeness (QED) is 0.228. The second-order valence-corrected chi connectivity index (χ2v) is 10.4. The van der Waals surface area contributed by atoms with Crippen molar-refractivity contribution in [3.63, 3.8) is 0 Å². The summed E-state index contributed by atoms with van der Waals surface area (Å²) < 4.78 is 45.9. The Morgan fingerprint density at radius 3 is 2.37 bits per heavy atom. The lowest BCUT2D eigenvalue weighted by Gasteiger charge is -2.17. The minimum absolute atomic E-state index is 0.0330. The summed E-state index contributed by atoms with van der Waals surface area (Å²) in [4.78, 5) is 30.3. The molecule has 0 saturated heterocycles. The lowest BCUT2D eigenvalue weighted by molar-refractivity contribution is 0.0695. The average Bonchev–Trinajstić information content (AvgIpc) is 3.42. The molecule has 2 N–H and O–H groups in total. The number of pyridine rings is 1. The minimum atomic E-state index is -1.31. The molecule has 1 amide bonds. The van der Waals surface area contributed by atoms with Gasteiger partial charge >= 0.3 is 5.97 Å². The number of thiophene rings is 1. The van der Waals surface area contributed by atoms with E-state index in [0.29, 0.717) is 16.9 Å². The Labute approximate surface area is 237 Å². The molecule has 0 bridgehead atoms. The first-order chi connectivity index (χ1) is 19.6. The van der Waals surface area contributed by atoms with E-state index in [1.54, 1.807) is 26.0 Å². The molecule has 0 saturated carbocycles. The second-order valence-electron chi connectivity index (χ2n) is 9.29. The lowest BCUT2D eigenvalue weighted by atomic mass is 9.96. The summed E-state index contributed by atoms with van der Waals surface area (Å²) in [6, 6.07) is 14.1. The second kappa shape index (κ2) is 12.7. The predicted molar refractivity (Wildman–Crippen MR) is 146 cm³/mol.